The zero-order valence-corrected chi connectivity index (χ0v) is 24.4. The second kappa shape index (κ2) is 10.9. The van der Waals surface area contributed by atoms with Crippen molar-refractivity contribution in [2.75, 3.05) is 41.0 Å². The van der Waals surface area contributed by atoms with Gasteiger partial charge in [-0.2, -0.15) is 0 Å². The minimum atomic E-state index is -1.09. The molecule has 4 fully saturated rings. The maximum Gasteiger partial charge on any atom is 0.303 e. The topological polar surface area (TPSA) is 127 Å². The second-order valence-electron chi connectivity index (χ2n) is 12.8. The molecule has 0 saturated heterocycles. The van der Waals surface area contributed by atoms with E-state index in [4.69, 9.17) is 18.9 Å². The highest BCUT2D eigenvalue weighted by Gasteiger charge is 2.77. The molecule has 0 heterocycles. The van der Waals surface area contributed by atoms with Crippen molar-refractivity contribution in [2.45, 2.75) is 102 Å². The number of fused-ring (bicyclic) bond motifs is 1. The minimum absolute atomic E-state index is 0.0147. The molecule has 220 valence electrons. The van der Waals surface area contributed by atoms with E-state index < -0.39 is 40.2 Å². The highest BCUT2D eigenvalue weighted by atomic mass is 16.6. The molecule has 4 aliphatic rings. The van der Waals surface area contributed by atoms with Crippen molar-refractivity contribution < 1.29 is 39.1 Å². The predicted octanol–water partition coefficient (Wildman–Crippen LogP) is 1.90. The van der Waals surface area contributed by atoms with Gasteiger partial charge in [-0.05, 0) is 44.1 Å². The fourth-order valence-electron chi connectivity index (χ4n) is 10.0. The molecule has 10 unspecified atom stereocenters. The molecule has 9 heteroatoms. The Morgan fingerprint density at radius 1 is 1.03 bits per heavy atom. The summed E-state index contributed by atoms with van der Waals surface area (Å²) in [5.41, 5.74) is -3.21. The van der Waals surface area contributed by atoms with E-state index in [9.17, 15) is 20.1 Å². The van der Waals surface area contributed by atoms with E-state index in [-0.39, 0.29) is 42.3 Å². The van der Waals surface area contributed by atoms with Gasteiger partial charge in [-0.3, -0.25) is 4.79 Å². The normalized spacial score (nSPS) is 50.2. The molecule has 4 N–H and O–H groups in total. The van der Waals surface area contributed by atoms with Gasteiger partial charge in [-0.25, -0.2) is 0 Å². The summed E-state index contributed by atoms with van der Waals surface area (Å²) in [7, 11) is 5.12. The van der Waals surface area contributed by atoms with Crippen LogP contribution in [0.5, 0.6) is 0 Å². The second-order valence-corrected chi connectivity index (χ2v) is 12.8. The van der Waals surface area contributed by atoms with Gasteiger partial charge in [0.1, 0.15) is 5.60 Å². The van der Waals surface area contributed by atoms with Crippen molar-refractivity contribution in [3.8, 4) is 0 Å². The molecule has 0 aromatic heterocycles. The highest BCUT2D eigenvalue weighted by molar-refractivity contribution is 5.67. The van der Waals surface area contributed by atoms with Gasteiger partial charge in [-0.1, -0.05) is 20.8 Å². The zero-order chi connectivity index (χ0) is 28.1. The fraction of sp³-hybridized carbons (Fsp3) is 0.966. The van der Waals surface area contributed by atoms with Crippen molar-refractivity contribution in [3.63, 3.8) is 0 Å². The Morgan fingerprint density at radius 2 is 1.74 bits per heavy atom. The van der Waals surface area contributed by atoms with E-state index in [1.165, 1.54) is 6.92 Å². The maximum atomic E-state index is 12.5. The van der Waals surface area contributed by atoms with Gasteiger partial charge >= 0.3 is 5.97 Å². The van der Waals surface area contributed by atoms with Crippen LogP contribution in [0.25, 0.3) is 0 Å². The third kappa shape index (κ3) is 4.18. The lowest BCUT2D eigenvalue weighted by Crippen LogP contribution is -2.74. The Hall–Kier alpha value is -0.810. The molecule has 0 aromatic rings. The third-order valence-corrected chi connectivity index (χ3v) is 11.4. The quantitative estimate of drug-likeness (QED) is 0.324. The maximum absolute atomic E-state index is 12.5. The van der Waals surface area contributed by atoms with Crippen molar-refractivity contribution in [2.24, 2.45) is 34.5 Å². The number of esters is 1. The molecule has 38 heavy (non-hydrogen) atoms. The van der Waals surface area contributed by atoms with Crippen LogP contribution in [-0.4, -0.2) is 97.9 Å². The average Bonchev–Trinajstić information content (AvgIpc) is 3.21. The first-order chi connectivity index (χ1) is 18.0. The molecule has 4 saturated carbocycles. The van der Waals surface area contributed by atoms with Crippen LogP contribution >= 0.6 is 0 Å². The SMILES string of the molecule is CCNCC1(COC)C(O)CC(OC)C23C(CC(OC)C12)C[C@@]1(OC(C)=O)C(O)C[C@@](O)(CC)CC1C3C. The lowest BCUT2D eigenvalue weighted by atomic mass is 9.40. The number of methoxy groups -OCH3 is 3. The number of carbonyl (C=O) groups is 1. The molecule has 0 bridgehead atoms. The first-order valence-corrected chi connectivity index (χ1v) is 14.5. The molecule has 0 aromatic carbocycles. The predicted molar refractivity (Wildman–Crippen MR) is 141 cm³/mol. The molecule has 4 aliphatic carbocycles. The van der Waals surface area contributed by atoms with Gasteiger partial charge in [0, 0.05) is 70.3 Å². The minimum Gasteiger partial charge on any atom is -0.456 e. The molecular weight excluding hydrogens is 490 g/mol. The number of ether oxygens (including phenoxy) is 4. The molecule has 4 rings (SSSR count). The lowest BCUT2D eigenvalue weighted by Gasteiger charge is -2.68. The van der Waals surface area contributed by atoms with Crippen LogP contribution in [0.4, 0.5) is 0 Å². The number of hydrogen-bond donors (Lipinski definition) is 4. The van der Waals surface area contributed by atoms with Gasteiger partial charge in [0.05, 0.1) is 36.6 Å². The van der Waals surface area contributed by atoms with Crippen LogP contribution in [-0.2, 0) is 23.7 Å². The van der Waals surface area contributed by atoms with E-state index in [1.807, 2.05) is 6.92 Å². The van der Waals surface area contributed by atoms with Gasteiger partial charge in [-0.15, -0.1) is 0 Å². The van der Waals surface area contributed by atoms with E-state index in [1.54, 1.807) is 21.3 Å². The van der Waals surface area contributed by atoms with Crippen molar-refractivity contribution in [1.82, 2.24) is 5.32 Å². The van der Waals surface area contributed by atoms with Crippen LogP contribution in [0.2, 0.25) is 0 Å². The monoisotopic (exact) mass is 541 g/mol. The van der Waals surface area contributed by atoms with E-state index >= 15 is 0 Å². The van der Waals surface area contributed by atoms with Gasteiger partial charge in [0.25, 0.3) is 0 Å². The van der Waals surface area contributed by atoms with Crippen LogP contribution in [0.1, 0.15) is 66.2 Å². The van der Waals surface area contributed by atoms with Crippen molar-refractivity contribution >= 4 is 5.97 Å². The van der Waals surface area contributed by atoms with Crippen LogP contribution < -0.4 is 5.32 Å². The van der Waals surface area contributed by atoms with Crippen molar-refractivity contribution in [1.29, 1.82) is 0 Å². The number of aliphatic hydroxyl groups is 3. The Kier molecular flexibility index (Phi) is 8.63. The van der Waals surface area contributed by atoms with Gasteiger partial charge < -0.3 is 39.6 Å². The Labute approximate surface area is 227 Å². The largest absolute Gasteiger partial charge is 0.456 e. The molecule has 0 radical (unpaired) electrons. The van der Waals surface area contributed by atoms with Crippen LogP contribution in [0.3, 0.4) is 0 Å². The third-order valence-electron chi connectivity index (χ3n) is 11.4. The molecule has 12 atom stereocenters. The smallest absolute Gasteiger partial charge is 0.303 e. The fourth-order valence-corrected chi connectivity index (χ4v) is 10.0. The Bertz CT molecular complexity index is 858. The summed E-state index contributed by atoms with van der Waals surface area (Å²) < 4.78 is 24.5. The zero-order valence-electron chi connectivity index (χ0n) is 24.4. The molecule has 1 spiro atoms. The van der Waals surface area contributed by atoms with E-state index in [2.05, 4.69) is 19.2 Å². The number of nitrogens with one attached hydrogen (secondary N) is 1. The number of hydrogen-bond acceptors (Lipinski definition) is 9. The first-order valence-electron chi connectivity index (χ1n) is 14.5. The standard InChI is InChI=1S/C29H51NO8/c1-8-26(34)13-20-17(3)29-19(12-28(20,23(33)14-26)38-18(4)31)10-21(36-6)25(29)27(16-35-5,15-30-9-2)22(32)11-24(29)37-7/h17,19-25,30,32-34H,8-16H2,1-7H3/t17?,19?,20?,21?,22?,23?,24?,25?,26-,27?,28+,29?/m1/s1. The Balaban J connectivity index is 1.94. The average molecular weight is 542 g/mol. The highest BCUT2D eigenvalue weighted by Crippen LogP contribution is 2.73. The first kappa shape index (κ1) is 30.2. The summed E-state index contributed by atoms with van der Waals surface area (Å²) in [6, 6.07) is 0. The molecular formula is C29H51NO8. The van der Waals surface area contributed by atoms with E-state index in [0.29, 0.717) is 45.3 Å². The summed E-state index contributed by atoms with van der Waals surface area (Å²) in [5, 5.41) is 38.4. The molecule has 0 aliphatic heterocycles. The summed E-state index contributed by atoms with van der Waals surface area (Å²) in [6.45, 7) is 9.28. The summed E-state index contributed by atoms with van der Waals surface area (Å²) in [5.74, 6) is -0.909. The van der Waals surface area contributed by atoms with Gasteiger partial charge in [0.2, 0.25) is 0 Å². The van der Waals surface area contributed by atoms with Crippen LogP contribution in [0, 0.1) is 34.5 Å². The number of carbonyl (C=O) groups excluding carboxylic acids is 1. The van der Waals surface area contributed by atoms with Crippen LogP contribution in [0.15, 0.2) is 0 Å². The van der Waals surface area contributed by atoms with Crippen molar-refractivity contribution in [3.05, 3.63) is 0 Å². The Morgan fingerprint density at radius 3 is 2.29 bits per heavy atom. The number of aliphatic hydroxyl groups excluding tert-OH is 2. The molecule has 9 nitrogen and oxygen atoms in total. The number of rotatable bonds is 9. The summed E-state index contributed by atoms with van der Waals surface area (Å²) in [4.78, 5) is 12.5. The van der Waals surface area contributed by atoms with E-state index in [0.717, 1.165) is 6.54 Å². The lowest BCUT2D eigenvalue weighted by molar-refractivity contribution is -0.299. The summed E-state index contributed by atoms with van der Waals surface area (Å²) in [6.07, 6.45) is 0.645. The van der Waals surface area contributed by atoms with Gasteiger partial charge in [0.15, 0.2) is 0 Å². The summed E-state index contributed by atoms with van der Waals surface area (Å²) >= 11 is 0. The molecule has 0 amide bonds.